The molecule has 6 heteroatoms. The largest absolute Gasteiger partial charge is 0.264 e. The van der Waals surface area contributed by atoms with E-state index in [0.29, 0.717) is 12.1 Å². The SMILES string of the molecule is Cc1cc(C#N)nn1C1CCS(=O)(=O)C1. The Morgan fingerprint density at radius 2 is 2.40 bits per heavy atom. The second-order valence-electron chi connectivity index (χ2n) is 3.78. The molecule has 15 heavy (non-hydrogen) atoms. The Bertz CT molecular complexity index is 524. The van der Waals surface area contributed by atoms with Gasteiger partial charge in [-0.25, -0.2) is 8.42 Å². The number of nitrogens with zero attached hydrogens (tertiary/aromatic N) is 3. The van der Waals surface area contributed by atoms with Gasteiger partial charge in [-0.3, -0.25) is 4.68 Å². The number of aryl methyl sites for hydroxylation is 1. The Labute approximate surface area is 88.2 Å². The Morgan fingerprint density at radius 1 is 1.67 bits per heavy atom. The molecule has 1 aromatic rings. The summed E-state index contributed by atoms with van der Waals surface area (Å²) in [4.78, 5) is 0. The van der Waals surface area contributed by atoms with Gasteiger partial charge >= 0.3 is 0 Å². The van der Waals surface area contributed by atoms with Crippen molar-refractivity contribution in [3.63, 3.8) is 0 Å². The van der Waals surface area contributed by atoms with Gasteiger partial charge in [0.1, 0.15) is 6.07 Å². The van der Waals surface area contributed by atoms with Gasteiger partial charge in [0, 0.05) is 5.69 Å². The van der Waals surface area contributed by atoms with Crippen LogP contribution in [-0.4, -0.2) is 29.7 Å². The predicted octanol–water partition coefficient (Wildman–Crippen LogP) is 0.423. The van der Waals surface area contributed by atoms with E-state index in [2.05, 4.69) is 5.10 Å². The highest BCUT2D eigenvalue weighted by Gasteiger charge is 2.30. The first-order chi connectivity index (χ1) is 7.02. The molecule has 0 spiro atoms. The minimum atomic E-state index is -2.90. The van der Waals surface area contributed by atoms with Crippen LogP contribution in [-0.2, 0) is 9.84 Å². The van der Waals surface area contributed by atoms with Gasteiger partial charge in [-0.2, -0.15) is 10.4 Å². The highest BCUT2D eigenvalue weighted by molar-refractivity contribution is 7.91. The van der Waals surface area contributed by atoms with E-state index in [-0.39, 0.29) is 17.5 Å². The summed E-state index contributed by atoms with van der Waals surface area (Å²) in [6.07, 6.45) is 0.593. The summed E-state index contributed by atoms with van der Waals surface area (Å²) < 4.78 is 24.2. The van der Waals surface area contributed by atoms with Crippen LogP contribution in [0.5, 0.6) is 0 Å². The normalized spacial score (nSPS) is 23.9. The van der Waals surface area contributed by atoms with E-state index in [0.717, 1.165) is 5.69 Å². The van der Waals surface area contributed by atoms with Gasteiger partial charge in [0.15, 0.2) is 15.5 Å². The average molecular weight is 225 g/mol. The van der Waals surface area contributed by atoms with Crippen LogP contribution >= 0.6 is 0 Å². The van der Waals surface area contributed by atoms with Crippen LogP contribution in [0.4, 0.5) is 0 Å². The Kier molecular flexibility index (Phi) is 2.27. The first-order valence-corrected chi connectivity index (χ1v) is 6.50. The van der Waals surface area contributed by atoms with E-state index in [1.807, 2.05) is 13.0 Å². The Balaban J connectivity index is 2.32. The van der Waals surface area contributed by atoms with Gasteiger partial charge in [-0.05, 0) is 19.4 Å². The molecule has 0 N–H and O–H groups in total. The lowest BCUT2D eigenvalue weighted by molar-refractivity contribution is 0.487. The summed E-state index contributed by atoms with van der Waals surface area (Å²) in [5, 5.41) is 12.7. The van der Waals surface area contributed by atoms with Crippen LogP contribution in [0.25, 0.3) is 0 Å². The van der Waals surface area contributed by atoms with E-state index in [9.17, 15) is 8.42 Å². The standard InChI is InChI=1S/C9H11N3O2S/c1-7-4-8(5-10)11-12(7)9-2-3-15(13,14)6-9/h4,9H,2-3,6H2,1H3. The predicted molar refractivity (Wildman–Crippen MR) is 54.0 cm³/mol. The van der Waals surface area contributed by atoms with Crippen molar-refractivity contribution in [1.29, 1.82) is 5.26 Å². The molecular weight excluding hydrogens is 214 g/mol. The summed E-state index contributed by atoms with van der Waals surface area (Å²) in [6, 6.07) is 3.52. The number of hydrogen-bond acceptors (Lipinski definition) is 4. The van der Waals surface area contributed by atoms with E-state index in [1.165, 1.54) is 0 Å². The van der Waals surface area contributed by atoms with Crippen molar-refractivity contribution in [2.24, 2.45) is 0 Å². The zero-order chi connectivity index (χ0) is 11.1. The van der Waals surface area contributed by atoms with Crippen molar-refractivity contribution < 1.29 is 8.42 Å². The summed E-state index contributed by atoms with van der Waals surface area (Å²) in [5.41, 5.74) is 1.19. The molecule has 0 aromatic carbocycles. The third-order valence-electron chi connectivity index (χ3n) is 2.59. The number of rotatable bonds is 1. The van der Waals surface area contributed by atoms with Gasteiger partial charge in [-0.1, -0.05) is 0 Å². The summed E-state index contributed by atoms with van der Waals surface area (Å²) >= 11 is 0. The van der Waals surface area contributed by atoms with Gasteiger partial charge < -0.3 is 0 Å². The monoisotopic (exact) mass is 225 g/mol. The highest BCUT2D eigenvalue weighted by atomic mass is 32.2. The zero-order valence-electron chi connectivity index (χ0n) is 8.34. The van der Waals surface area contributed by atoms with Crippen LogP contribution < -0.4 is 0 Å². The summed E-state index contributed by atoms with van der Waals surface area (Å²) in [7, 11) is -2.90. The maximum absolute atomic E-state index is 11.3. The molecule has 1 unspecified atom stereocenters. The molecule has 5 nitrogen and oxygen atoms in total. The highest BCUT2D eigenvalue weighted by Crippen LogP contribution is 2.24. The number of nitriles is 1. The summed E-state index contributed by atoms with van der Waals surface area (Å²) in [6.45, 7) is 1.83. The van der Waals surface area contributed by atoms with Crippen LogP contribution in [0.2, 0.25) is 0 Å². The lowest BCUT2D eigenvalue weighted by Gasteiger charge is -2.09. The van der Waals surface area contributed by atoms with Crippen molar-refractivity contribution in [1.82, 2.24) is 9.78 Å². The van der Waals surface area contributed by atoms with Crippen molar-refractivity contribution in [3.8, 4) is 6.07 Å². The molecule has 2 rings (SSSR count). The van der Waals surface area contributed by atoms with Crippen molar-refractivity contribution >= 4 is 9.84 Å². The van der Waals surface area contributed by atoms with Crippen LogP contribution in [0.3, 0.4) is 0 Å². The molecular formula is C9H11N3O2S. The second kappa shape index (κ2) is 3.35. The fourth-order valence-electron chi connectivity index (χ4n) is 1.88. The lowest BCUT2D eigenvalue weighted by Crippen LogP contribution is -2.13. The fourth-order valence-corrected chi connectivity index (χ4v) is 3.57. The number of hydrogen-bond donors (Lipinski definition) is 0. The smallest absolute Gasteiger partial charge is 0.162 e. The Hall–Kier alpha value is -1.35. The molecule has 1 aromatic heterocycles. The van der Waals surface area contributed by atoms with Crippen molar-refractivity contribution in [2.75, 3.05) is 11.5 Å². The molecule has 1 aliphatic heterocycles. The minimum absolute atomic E-state index is 0.0999. The van der Waals surface area contributed by atoms with E-state index < -0.39 is 9.84 Å². The molecule has 80 valence electrons. The third-order valence-corrected chi connectivity index (χ3v) is 4.34. The van der Waals surface area contributed by atoms with Gasteiger partial charge in [0.25, 0.3) is 0 Å². The maximum atomic E-state index is 11.3. The minimum Gasteiger partial charge on any atom is -0.264 e. The first kappa shape index (κ1) is 10.2. The third kappa shape index (κ3) is 1.88. The number of aromatic nitrogens is 2. The van der Waals surface area contributed by atoms with Gasteiger partial charge in [-0.15, -0.1) is 0 Å². The average Bonchev–Trinajstić information content (AvgIpc) is 2.69. The molecule has 2 heterocycles. The molecule has 0 aliphatic carbocycles. The topological polar surface area (TPSA) is 75.8 Å². The van der Waals surface area contributed by atoms with Crippen molar-refractivity contribution in [3.05, 3.63) is 17.5 Å². The quantitative estimate of drug-likeness (QED) is 0.694. The molecule has 0 bridgehead atoms. The molecule has 0 radical (unpaired) electrons. The second-order valence-corrected chi connectivity index (χ2v) is 6.01. The van der Waals surface area contributed by atoms with E-state index in [4.69, 9.17) is 5.26 Å². The van der Waals surface area contributed by atoms with Crippen LogP contribution in [0.1, 0.15) is 23.9 Å². The fraction of sp³-hybridized carbons (Fsp3) is 0.556. The lowest BCUT2D eigenvalue weighted by atomic mass is 10.2. The van der Waals surface area contributed by atoms with Crippen molar-refractivity contribution in [2.45, 2.75) is 19.4 Å². The molecule has 1 aliphatic rings. The molecule has 0 saturated carbocycles. The van der Waals surface area contributed by atoms with Crippen LogP contribution in [0, 0.1) is 18.3 Å². The van der Waals surface area contributed by atoms with Crippen LogP contribution in [0.15, 0.2) is 6.07 Å². The molecule has 1 saturated heterocycles. The Morgan fingerprint density at radius 3 is 2.87 bits per heavy atom. The maximum Gasteiger partial charge on any atom is 0.162 e. The molecule has 0 amide bonds. The zero-order valence-corrected chi connectivity index (χ0v) is 9.16. The molecule has 1 atom stereocenters. The van der Waals surface area contributed by atoms with Gasteiger partial charge in [0.2, 0.25) is 0 Å². The van der Waals surface area contributed by atoms with Gasteiger partial charge in [0.05, 0.1) is 17.5 Å². The summed E-state index contributed by atoms with van der Waals surface area (Å²) in [5.74, 6) is 0.360. The van der Waals surface area contributed by atoms with E-state index >= 15 is 0 Å². The first-order valence-electron chi connectivity index (χ1n) is 4.68. The molecule has 1 fully saturated rings. The van der Waals surface area contributed by atoms with E-state index in [1.54, 1.807) is 10.7 Å². The number of sulfone groups is 1.